The minimum Gasteiger partial charge on any atom is -0.810 e. The van der Waals surface area contributed by atoms with Gasteiger partial charge in [-0.1, -0.05) is 55.8 Å². The number of aliphatic hydroxyl groups excluding tert-OH is 1. The van der Waals surface area contributed by atoms with Crippen molar-refractivity contribution in [3.05, 3.63) is 35.4 Å². The van der Waals surface area contributed by atoms with E-state index in [1.54, 1.807) is 23.9 Å². The summed E-state index contributed by atoms with van der Waals surface area (Å²) in [5.74, 6) is 0.711. The summed E-state index contributed by atoms with van der Waals surface area (Å²) in [6.45, 7) is 4.43. The molecule has 0 aromatic heterocycles. The molecule has 2 rings (SSSR count). The molecule has 1 aromatic rings. The maximum atomic E-state index is 10.8. The van der Waals surface area contributed by atoms with Gasteiger partial charge < -0.3 is 24.4 Å². The van der Waals surface area contributed by atoms with E-state index in [0.717, 1.165) is 36.1 Å². The number of rotatable bonds is 6. The number of piperazine rings is 1. The maximum Gasteiger partial charge on any atom is 1.00 e. The Hall–Kier alpha value is 1.53. The number of thiocarbonyl (C=S) groups is 1. The molecule has 11 heteroatoms. The SMILES string of the molecule is O=P([O-])([O-])Cc1ccc(CSC(=S)N2CCN(CCO)CC2)cc1.[Na+].[Na+]. The molecular formula is C15H21N2Na2O4PS2. The molecule has 1 fully saturated rings. The number of hydrogen-bond donors (Lipinski definition) is 1. The fourth-order valence-electron chi connectivity index (χ4n) is 2.50. The molecule has 26 heavy (non-hydrogen) atoms. The van der Waals surface area contributed by atoms with Crippen LogP contribution in [0.2, 0.25) is 0 Å². The van der Waals surface area contributed by atoms with Gasteiger partial charge in [-0.25, -0.2) is 0 Å². The zero-order valence-electron chi connectivity index (χ0n) is 15.3. The van der Waals surface area contributed by atoms with Crippen LogP contribution in [0.1, 0.15) is 11.1 Å². The molecule has 1 aromatic carbocycles. The first-order valence-electron chi connectivity index (χ1n) is 7.71. The Labute approximate surface area is 208 Å². The molecule has 1 aliphatic heterocycles. The van der Waals surface area contributed by atoms with Crippen LogP contribution in [0.25, 0.3) is 0 Å². The van der Waals surface area contributed by atoms with E-state index in [1.165, 1.54) is 0 Å². The number of thioether (sulfide) groups is 1. The molecule has 1 saturated heterocycles. The van der Waals surface area contributed by atoms with Gasteiger partial charge >= 0.3 is 59.1 Å². The summed E-state index contributed by atoms with van der Waals surface area (Å²) in [5.41, 5.74) is 1.55. The van der Waals surface area contributed by atoms with Crippen LogP contribution in [0.4, 0.5) is 0 Å². The number of benzene rings is 1. The topological polar surface area (TPSA) is 89.9 Å². The molecule has 0 unspecified atom stereocenters. The van der Waals surface area contributed by atoms with Gasteiger partial charge in [0.1, 0.15) is 4.32 Å². The Kier molecular flexibility index (Phi) is 14.5. The van der Waals surface area contributed by atoms with Gasteiger partial charge in [-0.15, -0.1) is 0 Å². The number of hydrogen-bond acceptors (Lipinski definition) is 7. The second-order valence-electron chi connectivity index (χ2n) is 5.69. The second-order valence-corrected chi connectivity index (χ2v) is 8.84. The van der Waals surface area contributed by atoms with Crippen LogP contribution in [0.15, 0.2) is 24.3 Å². The second kappa shape index (κ2) is 13.7. The molecule has 0 bridgehead atoms. The van der Waals surface area contributed by atoms with E-state index in [2.05, 4.69) is 9.80 Å². The largest absolute Gasteiger partial charge is 1.00 e. The smallest absolute Gasteiger partial charge is 0.810 e. The van der Waals surface area contributed by atoms with Gasteiger partial charge in [0.2, 0.25) is 0 Å². The zero-order chi connectivity index (χ0) is 17.6. The van der Waals surface area contributed by atoms with Crippen molar-refractivity contribution in [1.29, 1.82) is 0 Å². The molecule has 0 atom stereocenters. The van der Waals surface area contributed by atoms with Gasteiger partial charge in [0.25, 0.3) is 0 Å². The first kappa shape index (κ1) is 27.5. The Bertz CT molecular complexity index is 596. The summed E-state index contributed by atoms with van der Waals surface area (Å²) in [4.78, 5) is 25.9. The third-order valence-electron chi connectivity index (χ3n) is 3.81. The van der Waals surface area contributed by atoms with E-state index in [4.69, 9.17) is 17.3 Å². The number of aliphatic hydroxyl groups is 1. The quantitative estimate of drug-likeness (QED) is 0.269. The Morgan fingerprint density at radius 2 is 1.65 bits per heavy atom. The van der Waals surface area contributed by atoms with Crippen molar-refractivity contribution in [1.82, 2.24) is 9.80 Å². The average Bonchev–Trinajstić information content (AvgIpc) is 2.53. The summed E-state index contributed by atoms with van der Waals surface area (Å²) in [5, 5.41) is 8.95. The van der Waals surface area contributed by atoms with Crippen LogP contribution >= 0.6 is 31.6 Å². The van der Waals surface area contributed by atoms with E-state index in [-0.39, 0.29) is 65.7 Å². The molecular weight excluding hydrogens is 413 g/mol. The Morgan fingerprint density at radius 1 is 1.12 bits per heavy atom. The van der Waals surface area contributed by atoms with E-state index < -0.39 is 13.8 Å². The van der Waals surface area contributed by atoms with Crippen molar-refractivity contribution in [2.24, 2.45) is 0 Å². The van der Waals surface area contributed by atoms with Gasteiger partial charge in [-0.2, -0.15) is 0 Å². The molecule has 0 spiro atoms. The Balaban J connectivity index is 0.00000312. The maximum absolute atomic E-state index is 10.8. The predicted octanol–water partition coefficient (Wildman–Crippen LogP) is -5.76. The minimum absolute atomic E-state index is 0. The molecule has 1 aliphatic rings. The standard InChI is InChI=1S/C15H23N2O4PS2.2Na/c18-10-9-16-5-7-17(8-6-16)15(23)24-12-14-3-1-13(2-4-14)11-22(19,20)21;;/h1-4,18H,5-12H2,(H2,19,20,21);;/q;2*+1/p-2. The summed E-state index contributed by atoms with van der Waals surface area (Å²) in [7, 11) is -4.51. The molecule has 0 aliphatic carbocycles. The third kappa shape index (κ3) is 10.3. The molecule has 1 heterocycles. The summed E-state index contributed by atoms with van der Waals surface area (Å²) < 4.78 is 11.6. The number of β-amino-alcohol motifs (C(OH)–C–C–N with tert-alkyl or cyclic N) is 1. The first-order valence-corrected chi connectivity index (χ1v) is 10.8. The number of nitrogens with zero attached hydrogens (tertiary/aromatic N) is 2. The van der Waals surface area contributed by atoms with E-state index >= 15 is 0 Å². The van der Waals surface area contributed by atoms with E-state index in [1.807, 2.05) is 12.1 Å². The minimum atomic E-state index is -4.51. The first-order chi connectivity index (χ1) is 11.4. The monoisotopic (exact) mass is 434 g/mol. The van der Waals surface area contributed by atoms with Crippen LogP contribution in [0.3, 0.4) is 0 Å². The predicted molar refractivity (Wildman–Crippen MR) is 96.7 cm³/mol. The fraction of sp³-hybridized carbons (Fsp3) is 0.533. The van der Waals surface area contributed by atoms with Crippen molar-refractivity contribution < 1.29 is 78.6 Å². The fourth-order valence-corrected chi connectivity index (χ4v) is 4.36. The van der Waals surface area contributed by atoms with Crippen molar-refractivity contribution in [2.75, 3.05) is 39.3 Å². The molecule has 6 nitrogen and oxygen atoms in total. The molecule has 0 amide bonds. The van der Waals surface area contributed by atoms with Crippen LogP contribution in [-0.2, 0) is 16.5 Å². The molecule has 0 radical (unpaired) electrons. The van der Waals surface area contributed by atoms with Crippen molar-refractivity contribution in [2.45, 2.75) is 11.9 Å². The molecule has 1 N–H and O–H groups in total. The van der Waals surface area contributed by atoms with Gasteiger partial charge in [-0.05, 0) is 11.1 Å². The zero-order valence-corrected chi connectivity index (χ0v) is 21.8. The third-order valence-corrected chi connectivity index (χ3v) is 6.16. The van der Waals surface area contributed by atoms with Crippen LogP contribution in [-0.4, -0.2) is 58.6 Å². The van der Waals surface area contributed by atoms with Crippen LogP contribution < -0.4 is 68.9 Å². The van der Waals surface area contributed by atoms with Crippen molar-refractivity contribution >= 4 is 35.9 Å². The van der Waals surface area contributed by atoms with Gasteiger partial charge in [0.15, 0.2) is 0 Å². The Morgan fingerprint density at radius 3 is 2.15 bits per heavy atom. The molecule has 0 saturated carbocycles. The van der Waals surface area contributed by atoms with Crippen molar-refractivity contribution in [3.8, 4) is 0 Å². The van der Waals surface area contributed by atoms with E-state index in [0.29, 0.717) is 17.9 Å². The van der Waals surface area contributed by atoms with Gasteiger partial charge in [0, 0.05) is 44.6 Å². The van der Waals surface area contributed by atoms with Gasteiger partial charge in [0.05, 0.1) is 6.61 Å². The normalized spacial score (nSPS) is 15.1. The summed E-state index contributed by atoms with van der Waals surface area (Å²) in [6, 6.07) is 7.02. The molecule has 134 valence electrons. The van der Waals surface area contributed by atoms with Crippen LogP contribution in [0.5, 0.6) is 0 Å². The van der Waals surface area contributed by atoms with E-state index in [9.17, 15) is 14.4 Å². The van der Waals surface area contributed by atoms with Crippen LogP contribution in [0, 0.1) is 0 Å². The average molecular weight is 434 g/mol. The van der Waals surface area contributed by atoms with Gasteiger partial charge in [-0.3, -0.25) is 4.90 Å². The summed E-state index contributed by atoms with van der Waals surface area (Å²) in [6.07, 6.45) is -0.447. The summed E-state index contributed by atoms with van der Waals surface area (Å²) >= 11 is 7.06. The van der Waals surface area contributed by atoms with Crippen molar-refractivity contribution in [3.63, 3.8) is 0 Å².